The zero-order valence-electron chi connectivity index (χ0n) is 17.5. The fourth-order valence-electron chi connectivity index (χ4n) is 4.13. The first-order valence-electron chi connectivity index (χ1n) is 10.9. The van der Waals surface area contributed by atoms with E-state index in [2.05, 4.69) is 51.0 Å². The average Bonchev–Trinajstić information content (AvgIpc) is 3.19. The summed E-state index contributed by atoms with van der Waals surface area (Å²) in [5.41, 5.74) is 0. The number of aliphatic imine (C=N–C) groups is 1. The second-order valence-corrected chi connectivity index (χ2v) is 9.17. The van der Waals surface area contributed by atoms with Gasteiger partial charge in [0.2, 0.25) is 0 Å². The summed E-state index contributed by atoms with van der Waals surface area (Å²) in [6.07, 6.45) is 10.7. The summed E-state index contributed by atoms with van der Waals surface area (Å²) in [5, 5.41) is 16.7. The van der Waals surface area contributed by atoms with E-state index in [9.17, 15) is 0 Å². The Morgan fingerprint density at radius 1 is 1.21 bits per heavy atom. The Morgan fingerprint density at radius 3 is 2.93 bits per heavy atom. The van der Waals surface area contributed by atoms with Gasteiger partial charge in [0.25, 0.3) is 0 Å². The number of thioether (sulfide) groups is 1. The minimum absolute atomic E-state index is 0. The fourth-order valence-corrected chi connectivity index (χ4v) is 5.27. The van der Waals surface area contributed by atoms with Crippen LogP contribution >= 0.6 is 35.7 Å². The van der Waals surface area contributed by atoms with Crippen molar-refractivity contribution in [3.05, 3.63) is 11.6 Å². The smallest absolute Gasteiger partial charge is 0.191 e. The molecule has 2 heterocycles. The third-order valence-corrected chi connectivity index (χ3v) is 6.72. The molecule has 2 N–H and O–H groups in total. The van der Waals surface area contributed by atoms with Gasteiger partial charge in [-0.3, -0.25) is 4.99 Å². The van der Waals surface area contributed by atoms with Crippen molar-refractivity contribution in [1.82, 2.24) is 25.4 Å². The molecule has 0 saturated heterocycles. The minimum Gasteiger partial charge on any atom is -0.357 e. The number of guanidine groups is 1. The number of nitrogens with one attached hydrogen (secondary N) is 2. The van der Waals surface area contributed by atoms with Crippen LogP contribution in [-0.2, 0) is 19.4 Å². The molecule has 1 saturated carbocycles. The van der Waals surface area contributed by atoms with Gasteiger partial charge in [-0.1, -0.05) is 13.3 Å². The zero-order valence-corrected chi connectivity index (χ0v) is 20.6. The Morgan fingerprint density at radius 2 is 2.11 bits per heavy atom. The van der Waals surface area contributed by atoms with Crippen LogP contribution in [0.15, 0.2) is 4.99 Å². The van der Waals surface area contributed by atoms with E-state index in [1.54, 1.807) is 0 Å². The van der Waals surface area contributed by atoms with Crippen LogP contribution in [0.2, 0.25) is 0 Å². The summed E-state index contributed by atoms with van der Waals surface area (Å²) in [6.45, 7) is 7.21. The lowest BCUT2D eigenvalue weighted by atomic mass is 10.2. The highest BCUT2D eigenvalue weighted by atomic mass is 127. The molecule has 1 fully saturated rings. The van der Waals surface area contributed by atoms with Gasteiger partial charge in [0, 0.05) is 43.8 Å². The van der Waals surface area contributed by atoms with Gasteiger partial charge in [-0.25, -0.2) is 0 Å². The third kappa shape index (κ3) is 7.07. The standard InChI is InChI=1S/C20H36N6S.HI/c1-3-21-20(23-16-11-12-17(15-16)27-4-2)22-13-8-10-19-25-24-18-9-6-5-7-14-26(18)19;/h16-17H,3-15H2,1-2H3,(H2,21,22,23);1H. The number of aromatic nitrogens is 3. The molecule has 3 rings (SSSR count). The van der Waals surface area contributed by atoms with Gasteiger partial charge in [0.15, 0.2) is 5.96 Å². The van der Waals surface area contributed by atoms with Gasteiger partial charge in [0.1, 0.15) is 11.6 Å². The normalized spacial score (nSPS) is 22.3. The van der Waals surface area contributed by atoms with Crippen LogP contribution in [0.1, 0.15) is 70.4 Å². The maximum absolute atomic E-state index is 4.81. The maximum Gasteiger partial charge on any atom is 0.191 e. The van der Waals surface area contributed by atoms with Crippen molar-refractivity contribution in [1.29, 1.82) is 0 Å². The quantitative estimate of drug-likeness (QED) is 0.236. The molecule has 1 aromatic heterocycles. The summed E-state index contributed by atoms with van der Waals surface area (Å²) in [7, 11) is 0. The molecule has 28 heavy (non-hydrogen) atoms. The monoisotopic (exact) mass is 520 g/mol. The predicted molar refractivity (Wildman–Crippen MR) is 130 cm³/mol. The first-order chi connectivity index (χ1) is 13.3. The highest BCUT2D eigenvalue weighted by molar-refractivity contribution is 14.0. The summed E-state index contributed by atoms with van der Waals surface area (Å²) in [4.78, 5) is 4.81. The van der Waals surface area contributed by atoms with Crippen LogP contribution in [0.25, 0.3) is 0 Å². The number of rotatable bonds is 8. The molecule has 6 nitrogen and oxygen atoms in total. The van der Waals surface area contributed by atoms with Crippen LogP contribution in [0.3, 0.4) is 0 Å². The van der Waals surface area contributed by atoms with Crippen LogP contribution in [0.5, 0.6) is 0 Å². The highest BCUT2D eigenvalue weighted by Gasteiger charge is 2.25. The first-order valence-corrected chi connectivity index (χ1v) is 11.9. The lowest BCUT2D eigenvalue weighted by Crippen LogP contribution is -2.42. The number of fused-ring (bicyclic) bond motifs is 1. The molecular formula is C20H37IN6S. The van der Waals surface area contributed by atoms with E-state index in [1.807, 2.05) is 0 Å². The van der Waals surface area contributed by atoms with Crippen molar-refractivity contribution in [2.45, 2.75) is 89.5 Å². The van der Waals surface area contributed by atoms with E-state index < -0.39 is 0 Å². The van der Waals surface area contributed by atoms with Crippen molar-refractivity contribution < 1.29 is 0 Å². The number of hydrogen-bond donors (Lipinski definition) is 2. The van der Waals surface area contributed by atoms with Crippen LogP contribution < -0.4 is 10.6 Å². The molecule has 160 valence electrons. The Labute approximate surface area is 191 Å². The van der Waals surface area contributed by atoms with Gasteiger partial charge in [-0.05, 0) is 51.2 Å². The highest BCUT2D eigenvalue weighted by Crippen LogP contribution is 2.29. The molecule has 2 aliphatic rings. The molecule has 2 unspecified atom stereocenters. The van der Waals surface area contributed by atoms with Crippen molar-refractivity contribution in [2.75, 3.05) is 18.8 Å². The zero-order chi connectivity index (χ0) is 18.9. The van der Waals surface area contributed by atoms with Gasteiger partial charge in [0.05, 0.1) is 0 Å². The number of nitrogens with zero attached hydrogens (tertiary/aromatic N) is 4. The molecule has 0 spiro atoms. The van der Waals surface area contributed by atoms with Crippen LogP contribution in [-0.4, -0.2) is 50.9 Å². The second-order valence-electron chi connectivity index (χ2n) is 7.59. The van der Waals surface area contributed by atoms with E-state index >= 15 is 0 Å². The summed E-state index contributed by atoms with van der Waals surface area (Å²) >= 11 is 2.10. The second kappa shape index (κ2) is 12.9. The van der Waals surface area contributed by atoms with Crippen molar-refractivity contribution >= 4 is 41.7 Å². The van der Waals surface area contributed by atoms with E-state index in [0.29, 0.717) is 6.04 Å². The average molecular weight is 521 g/mol. The predicted octanol–water partition coefficient (Wildman–Crippen LogP) is 3.78. The summed E-state index contributed by atoms with van der Waals surface area (Å²) in [6, 6.07) is 0.569. The Bertz CT molecular complexity index is 606. The Hall–Kier alpha value is -0.510. The lowest BCUT2D eigenvalue weighted by Gasteiger charge is -2.17. The molecular weight excluding hydrogens is 483 g/mol. The van der Waals surface area contributed by atoms with Crippen molar-refractivity contribution in [3.8, 4) is 0 Å². The summed E-state index contributed by atoms with van der Waals surface area (Å²) in [5.74, 6) is 4.53. The van der Waals surface area contributed by atoms with Gasteiger partial charge in [-0.2, -0.15) is 11.8 Å². The number of hydrogen-bond acceptors (Lipinski definition) is 4. The molecule has 1 aliphatic carbocycles. The minimum atomic E-state index is 0. The topological polar surface area (TPSA) is 67.1 Å². The third-order valence-electron chi connectivity index (χ3n) is 5.49. The molecule has 8 heteroatoms. The molecule has 0 radical (unpaired) electrons. The largest absolute Gasteiger partial charge is 0.357 e. The molecule has 2 atom stereocenters. The van der Waals surface area contributed by atoms with Crippen LogP contribution in [0, 0.1) is 0 Å². The number of halogens is 1. The lowest BCUT2D eigenvalue weighted by molar-refractivity contribution is 0.595. The summed E-state index contributed by atoms with van der Waals surface area (Å²) < 4.78 is 2.35. The van der Waals surface area contributed by atoms with Crippen molar-refractivity contribution in [2.24, 2.45) is 4.99 Å². The molecule has 1 aliphatic heterocycles. The van der Waals surface area contributed by atoms with Crippen LogP contribution in [0.4, 0.5) is 0 Å². The molecule has 0 amide bonds. The van der Waals surface area contributed by atoms with E-state index in [0.717, 1.165) is 55.9 Å². The molecule has 0 aromatic carbocycles. The SMILES string of the molecule is CCNC(=NCCCc1nnc2n1CCCCC2)NC1CCC(SCC)C1.I. The van der Waals surface area contributed by atoms with Gasteiger partial charge in [-0.15, -0.1) is 34.2 Å². The maximum atomic E-state index is 4.81. The fraction of sp³-hybridized carbons (Fsp3) is 0.850. The Kier molecular flexibility index (Phi) is 11.0. The first kappa shape index (κ1) is 23.8. The van der Waals surface area contributed by atoms with Gasteiger partial charge >= 0.3 is 0 Å². The van der Waals surface area contributed by atoms with E-state index in [1.165, 1.54) is 50.1 Å². The molecule has 1 aromatic rings. The molecule has 0 bridgehead atoms. The van der Waals surface area contributed by atoms with E-state index in [-0.39, 0.29) is 24.0 Å². The van der Waals surface area contributed by atoms with E-state index in [4.69, 9.17) is 4.99 Å². The van der Waals surface area contributed by atoms with Gasteiger partial charge < -0.3 is 15.2 Å². The van der Waals surface area contributed by atoms with Crippen molar-refractivity contribution in [3.63, 3.8) is 0 Å². The number of aryl methyl sites for hydroxylation is 2. The Balaban J connectivity index is 0.00000280.